The fourth-order valence-corrected chi connectivity index (χ4v) is 6.43. The van der Waals surface area contributed by atoms with E-state index >= 15 is 0 Å². The van der Waals surface area contributed by atoms with Crippen LogP contribution in [0.15, 0.2) is 44.9 Å². The van der Waals surface area contributed by atoms with E-state index in [0.717, 1.165) is 36.3 Å². The van der Waals surface area contributed by atoms with Gasteiger partial charge in [-0.15, -0.1) is 11.3 Å². The van der Waals surface area contributed by atoms with Crippen LogP contribution in [0.4, 0.5) is 5.69 Å². The number of sulfonamides is 1. The maximum atomic E-state index is 13.1. The Labute approximate surface area is 188 Å². The number of fused-ring (bicyclic) bond motifs is 2. The van der Waals surface area contributed by atoms with Crippen LogP contribution in [-0.4, -0.2) is 42.6 Å². The highest BCUT2D eigenvalue weighted by Crippen LogP contribution is 2.40. The molecule has 0 saturated heterocycles. The van der Waals surface area contributed by atoms with E-state index in [1.807, 2.05) is 12.1 Å². The summed E-state index contributed by atoms with van der Waals surface area (Å²) >= 11 is 7.44. The van der Waals surface area contributed by atoms with Gasteiger partial charge in [-0.05, 0) is 23.1 Å². The lowest BCUT2D eigenvalue weighted by Gasteiger charge is -2.18. The Morgan fingerprint density at radius 3 is 2.97 bits per heavy atom. The third kappa shape index (κ3) is 3.56. The summed E-state index contributed by atoms with van der Waals surface area (Å²) in [5.41, 5.74) is 6.15. The highest BCUT2D eigenvalue weighted by molar-refractivity contribution is 7.92. The molecule has 0 bridgehead atoms. The molecule has 3 aromatic rings. The van der Waals surface area contributed by atoms with Gasteiger partial charge in [0.2, 0.25) is 5.96 Å². The Morgan fingerprint density at radius 1 is 1.35 bits per heavy atom. The summed E-state index contributed by atoms with van der Waals surface area (Å²) in [4.78, 5) is 8.92. The number of nitrogens with one attached hydrogen (secondary N) is 3. The van der Waals surface area contributed by atoms with Crippen molar-refractivity contribution in [2.45, 2.75) is 30.7 Å². The van der Waals surface area contributed by atoms with E-state index in [-0.39, 0.29) is 15.6 Å². The molecule has 162 valence electrons. The van der Waals surface area contributed by atoms with Gasteiger partial charge in [0.25, 0.3) is 10.0 Å². The van der Waals surface area contributed by atoms with Crippen molar-refractivity contribution in [1.82, 2.24) is 20.1 Å². The second-order valence-electron chi connectivity index (χ2n) is 8.02. The number of anilines is 1. The Morgan fingerprint density at radius 2 is 2.19 bits per heavy atom. The lowest BCUT2D eigenvalue weighted by Crippen LogP contribution is -2.31. The zero-order chi connectivity index (χ0) is 21.8. The summed E-state index contributed by atoms with van der Waals surface area (Å²) in [5.74, 6) is 0.644. The number of hydrogen-bond acceptors (Lipinski definition) is 8. The van der Waals surface area contributed by atoms with E-state index in [0.29, 0.717) is 16.6 Å². The molecule has 0 spiro atoms. The summed E-state index contributed by atoms with van der Waals surface area (Å²) in [7, 11) is -3.95. The number of hydrogen-bond donors (Lipinski definition) is 3. The fourth-order valence-electron chi connectivity index (χ4n) is 3.92. The molecule has 2 aliphatic rings. The molecular formula is C19H20ClN7O2S2. The maximum Gasteiger partial charge on any atom is 0.281 e. The molecule has 3 N–H and O–H groups in total. The fraction of sp³-hybridized carbons (Fsp3) is 0.316. The molecule has 31 heavy (non-hydrogen) atoms. The molecule has 0 unspecified atom stereocenters. The first-order valence-electron chi connectivity index (χ1n) is 9.64. The molecule has 0 fully saturated rings. The van der Waals surface area contributed by atoms with Crippen LogP contribution >= 0.6 is 22.9 Å². The van der Waals surface area contributed by atoms with Crippen molar-refractivity contribution in [2.24, 2.45) is 10.1 Å². The molecular weight excluding hydrogens is 458 g/mol. The predicted octanol–water partition coefficient (Wildman–Crippen LogP) is 2.78. The van der Waals surface area contributed by atoms with Crippen molar-refractivity contribution in [3.8, 4) is 0 Å². The van der Waals surface area contributed by atoms with Crippen LogP contribution in [0, 0.1) is 0 Å². The van der Waals surface area contributed by atoms with E-state index in [1.54, 1.807) is 17.6 Å². The second-order valence-corrected chi connectivity index (χ2v) is 10.8. The second kappa shape index (κ2) is 7.21. The molecule has 0 atom stereocenters. The van der Waals surface area contributed by atoms with Gasteiger partial charge in [-0.1, -0.05) is 31.5 Å². The van der Waals surface area contributed by atoms with Crippen LogP contribution in [0.3, 0.4) is 0 Å². The van der Waals surface area contributed by atoms with Crippen molar-refractivity contribution in [1.29, 1.82) is 0 Å². The summed E-state index contributed by atoms with van der Waals surface area (Å²) in [6.45, 7) is 5.79. The van der Waals surface area contributed by atoms with E-state index in [1.165, 1.54) is 15.7 Å². The summed E-state index contributed by atoms with van der Waals surface area (Å²) in [6.07, 6.45) is 2.36. The predicted molar refractivity (Wildman–Crippen MR) is 123 cm³/mol. The van der Waals surface area contributed by atoms with E-state index in [2.05, 4.69) is 44.4 Å². The first-order chi connectivity index (χ1) is 14.7. The summed E-state index contributed by atoms with van der Waals surface area (Å²) in [6, 6.07) is 5.52. The number of hydrazone groups is 1. The lowest BCUT2D eigenvalue weighted by atomic mass is 9.86. The number of aromatic nitrogens is 2. The van der Waals surface area contributed by atoms with Crippen LogP contribution in [0.1, 0.15) is 31.4 Å². The van der Waals surface area contributed by atoms with Gasteiger partial charge in [-0.2, -0.15) is 13.5 Å². The highest BCUT2D eigenvalue weighted by Gasteiger charge is 2.35. The van der Waals surface area contributed by atoms with Gasteiger partial charge in [0.1, 0.15) is 0 Å². The van der Waals surface area contributed by atoms with E-state index < -0.39 is 10.0 Å². The van der Waals surface area contributed by atoms with Crippen molar-refractivity contribution in [3.63, 3.8) is 0 Å². The molecule has 0 saturated carbocycles. The minimum absolute atomic E-state index is 0.0575. The Hall–Kier alpha value is -2.63. The quantitative estimate of drug-likeness (QED) is 0.500. The molecule has 12 heteroatoms. The number of benzene rings is 1. The van der Waals surface area contributed by atoms with Gasteiger partial charge in [0.05, 0.1) is 12.3 Å². The maximum absolute atomic E-state index is 13.1. The van der Waals surface area contributed by atoms with Crippen molar-refractivity contribution < 1.29 is 8.42 Å². The topological polar surface area (TPSA) is 112 Å². The van der Waals surface area contributed by atoms with Crippen molar-refractivity contribution >= 4 is 55.3 Å². The number of imidazole rings is 1. The average molecular weight is 478 g/mol. The number of guanidine groups is 1. The Balaban J connectivity index is 1.49. The van der Waals surface area contributed by atoms with Gasteiger partial charge in [0, 0.05) is 35.8 Å². The number of rotatable bonds is 4. The summed E-state index contributed by atoms with van der Waals surface area (Å²) < 4.78 is 30.3. The third-order valence-corrected chi connectivity index (χ3v) is 7.86. The largest absolute Gasteiger partial charge is 0.353 e. The van der Waals surface area contributed by atoms with Gasteiger partial charge in [-0.3, -0.25) is 9.12 Å². The first-order valence-corrected chi connectivity index (χ1v) is 12.4. The van der Waals surface area contributed by atoms with E-state index in [9.17, 15) is 8.42 Å². The molecule has 1 aromatic carbocycles. The molecule has 2 aromatic heterocycles. The summed E-state index contributed by atoms with van der Waals surface area (Å²) in [5, 5.41) is 9.29. The lowest BCUT2D eigenvalue weighted by molar-refractivity contribution is 0.567. The standard InChI is InChI=1S/C19H20ClN7O2S2/c1-19(2)10-14(24-25-17-21-5-6-22-17)12-9-11(3-4-13(12)19)26-31(28,29)16-15(20)23-18-27(16)7-8-30-18/h3-4,7-9,26H,5-6,10H2,1-2H3,(H2,21,22,25)/b24-14+. The SMILES string of the molecule is CC1(C)C/C(=N\NC2=NCCN2)c2cc(NS(=O)(=O)c3c(Cl)nc4sccn34)ccc21. The van der Waals surface area contributed by atoms with Crippen molar-refractivity contribution in [2.75, 3.05) is 17.8 Å². The van der Waals surface area contributed by atoms with Crippen LogP contribution in [0.25, 0.3) is 4.96 Å². The van der Waals surface area contributed by atoms with Crippen LogP contribution < -0.4 is 15.5 Å². The van der Waals surface area contributed by atoms with Gasteiger partial charge >= 0.3 is 0 Å². The van der Waals surface area contributed by atoms with Crippen molar-refractivity contribution in [3.05, 3.63) is 46.1 Å². The molecule has 3 heterocycles. The molecule has 5 rings (SSSR count). The minimum Gasteiger partial charge on any atom is -0.353 e. The molecule has 0 radical (unpaired) electrons. The normalized spacial score (nSPS) is 18.8. The number of nitrogens with zero attached hydrogens (tertiary/aromatic N) is 4. The number of halogens is 1. The Bertz CT molecular complexity index is 1350. The average Bonchev–Trinajstić information content (AvgIpc) is 3.44. The minimum atomic E-state index is -3.95. The Kier molecular flexibility index (Phi) is 4.72. The zero-order valence-electron chi connectivity index (χ0n) is 16.8. The molecule has 0 amide bonds. The molecule has 1 aliphatic carbocycles. The van der Waals surface area contributed by atoms with E-state index in [4.69, 9.17) is 11.6 Å². The van der Waals surface area contributed by atoms with Gasteiger partial charge in [0.15, 0.2) is 15.1 Å². The number of aliphatic imine (C=N–C) groups is 1. The van der Waals surface area contributed by atoms with Crippen LogP contribution in [-0.2, 0) is 15.4 Å². The number of thiazole rings is 1. The molecule has 9 nitrogen and oxygen atoms in total. The van der Waals surface area contributed by atoms with Gasteiger partial charge < -0.3 is 5.32 Å². The highest BCUT2D eigenvalue weighted by atomic mass is 35.5. The van der Waals surface area contributed by atoms with Crippen LogP contribution in [0.2, 0.25) is 5.15 Å². The monoisotopic (exact) mass is 477 g/mol. The van der Waals surface area contributed by atoms with Gasteiger partial charge in [-0.25, -0.2) is 15.4 Å². The zero-order valence-corrected chi connectivity index (χ0v) is 19.2. The first kappa shape index (κ1) is 20.3. The smallest absolute Gasteiger partial charge is 0.281 e. The molecule has 1 aliphatic heterocycles. The van der Waals surface area contributed by atoms with Crippen LogP contribution in [0.5, 0.6) is 0 Å². The third-order valence-electron chi connectivity index (χ3n) is 5.33.